The predicted molar refractivity (Wildman–Crippen MR) is 43.7 cm³/mol. The zero-order valence-corrected chi connectivity index (χ0v) is 14.0. The minimum Gasteiger partial charge on any atom is -0.550 e. The van der Waals surface area contributed by atoms with Crippen molar-refractivity contribution in [3.8, 4) is 0 Å². The SMILES string of the molecule is CNC1CC(C(=O)[O-])CC(C(=O)[O-])C1.[Na+].[Na+]. The van der Waals surface area contributed by atoms with E-state index in [4.69, 9.17) is 0 Å². The smallest absolute Gasteiger partial charge is 0.550 e. The molecule has 0 saturated heterocycles. The monoisotopic (exact) mass is 245 g/mol. The molecule has 5 nitrogen and oxygen atoms in total. The summed E-state index contributed by atoms with van der Waals surface area (Å²) in [5, 5.41) is 24.2. The molecule has 0 radical (unpaired) electrons. The molecule has 0 amide bonds. The van der Waals surface area contributed by atoms with E-state index in [1.807, 2.05) is 0 Å². The molecule has 2 atom stereocenters. The first kappa shape index (κ1) is 19.2. The van der Waals surface area contributed by atoms with Crippen LogP contribution in [-0.2, 0) is 9.59 Å². The molecule has 0 aromatic carbocycles. The van der Waals surface area contributed by atoms with E-state index in [0.29, 0.717) is 12.8 Å². The Labute approximate surface area is 139 Å². The number of carboxylic acid groups (broad SMARTS) is 2. The number of carboxylic acids is 2. The molecular weight excluding hydrogens is 232 g/mol. The molecule has 0 bridgehead atoms. The number of carbonyl (C=O) groups is 2. The fourth-order valence-corrected chi connectivity index (χ4v) is 1.94. The van der Waals surface area contributed by atoms with E-state index in [1.54, 1.807) is 7.05 Å². The van der Waals surface area contributed by atoms with Gasteiger partial charge in [0.2, 0.25) is 0 Å². The van der Waals surface area contributed by atoms with Crippen molar-refractivity contribution in [3.63, 3.8) is 0 Å². The van der Waals surface area contributed by atoms with Crippen LogP contribution in [0.5, 0.6) is 0 Å². The van der Waals surface area contributed by atoms with E-state index in [0.717, 1.165) is 0 Å². The zero-order chi connectivity index (χ0) is 10.7. The summed E-state index contributed by atoms with van der Waals surface area (Å²) in [6.45, 7) is 0. The molecule has 7 heteroatoms. The summed E-state index contributed by atoms with van der Waals surface area (Å²) in [7, 11) is 1.69. The van der Waals surface area contributed by atoms with Crippen molar-refractivity contribution in [1.82, 2.24) is 5.32 Å². The Balaban J connectivity index is 0. The van der Waals surface area contributed by atoms with E-state index < -0.39 is 23.8 Å². The van der Waals surface area contributed by atoms with Gasteiger partial charge in [0, 0.05) is 29.8 Å². The average molecular weight is 245 g/mol. The maximum atomic E-state index is 10.6. The molecule has 1 saturated carbocycles. The average Bonchev–Trinajstić information content (AvgIpc) is 2.16. The van der Waals surface area contributed by atoms with Gasteiger partial charge in [0.05, 0.1) is 0 Å². The maximum absolute atomic E-state index is 10.6. The van der Waals surface area contributed by atoms with Crippen molar-refractivity contribution in [2.45, 2.75) is 25.3 Å². The largest absolute Gasteiger partial charge is 1.00 e. The van der Waals surface area contributed by atoms with Gasteiger partial charge in [-0.05, 0) is 26.3 Å². The van der Waals surface area contributed by atoms with Crippen LogP contribution in [0.3, 0.4) is 0 Å². The molecule has 80 valence electrons. The van der Waals surface area contributed by atoms with Crippen molar-refractivity contribution in [2.24, 2.45) is 11.8 Å². The molecule has 1 aliphatic rings. The summed E-state index contributed by atoms with van der Waals surface area (Å²) < 4.78 is 0. The third-order valence-electron chi connectivity index (χ3n) is 2.78. The van der Waals surface area contributed by atoms with Gasteiger partial charge in [-0.25, -0.2) is 0 Å². The van der Waals surface area contributed by atoms with Crippen LogP contribution in [0.2, 0.25) is 0 Å². The summed E-state index contributed by atoms with van der Waals surface area (Å²) in [6, 6.07) is -0.0745. The van der Waals surface area contributed by atoms with Gasteiger partial charge in [0.15, 0.2) is 0 Å². The van der Waals surface area contributed by atoms with E-state index >= 15 is 0 Å². The van der Waals surface area contributed by atoms with Gasteiger partial charge >= 0.3 is 59.1 Å². The van der Waals surface area contributed by atoms with Gasteiger partial charge in [-0.2, -0.15) is 0 Å². The first-order valence-corrected chi connectivity index (χ1v) is 4.63. The molecule has 2 unspecified atom stereocenters. The number of carbonyl (C=O) groups excluding carboxylic acids is 2. The summed E-state index contributed by atoms with van der Waals surface area (Å²) in [5.41, 5.74) is 0. The van der Waals surface area contributed by atoms with E-state index in [1.165, 1.54) is 0 Å². The Kier molecular flexibility index (Phi) is 10.7. The molecule has 0 aromatic heterocycles. The Morgan fingerprint density at radius 1 is 1.00 bits per heavy atom. The minimum absolute atomic E-state index is 0. The Hall–Kier alpha value is 0.900. The van der Waals surface area contributed by atoms with Crippen molar-refractivity contribution in [1.29, 1.82) is 0 Å². The van der Waals surface area contributed by atoms with Gasteiger partial charge in [-0.1, -0.05) is 0 Å². The molecule has 0 aromatic rings. The number of nitrogens with one attached hydrogen (secondary N) is 1. The minimum atomic E-state index is -1.17. The van der Waals surface area contributed by atoms with Gasteiger partial charge in [-0.15, -0.1) is 0 Å². The molecule has 1 N–H and O–H groups in total. The first-order chi connectivity index (χ1) is 6.54. The second kappa shape index (κ2) is 8.91. The molecular formula is C9H13NNa2O4. The van der Waals surface area contributed by atoms with E-state index in [9.17, 15) is 19.8 Å². The summed E-state index contributed by atoms with van der Waals surface area (Å²) in [6.07, 6.45) is 0.994. The Bertz CT molecular complexity index is 228. The maximum Gasteiger partial charge on any atom is 1.00 e. The van der Waals surface area contributed by atoms with Crippen LogP contribution < -0.4 is 74.6 Å². The summed E-state index contributed by atoms with van der Waals surface area (Å²) >= 11 is 0. The third kappa shape index (κ3) is 5.49. The number of hydrogen-bond acceptors (Lipinski definition) is 5. The number of aliphatic carboxylic acids is 2. The Morgan fingerprint density at radius 3 is 1.62 bits per heavy atom. The van der Waals surface area contributed by atoms with Crippen molar-refractivity contribution >= 4 is 11.9 Å². The van der Waals surface area contributed by atoms with Gasteiger partial charge in [0.1, 0.15) is 0 Å². The fraction of sp³-hybridized carbons (Fsp3) is 0.778. The Morgan fingerprint density at radius 2 is 1.38 bits per heavy atom. The van der Waals surface area contributed by atoms with Crippen molar-refractivity contribution in [3.05, 3.63) is 0 Å². The summed E-state index contributed by atoms with van der Waals surface area (Å²) in [4.78, 5) is 21.3. The molecule has 1 aliphatic carbocycles. The standard InChI is InChI=1S/C9H15NO4.2Na/c1-10-7-3-5(8(11)12)2-6(4-7)9(13)14;;/h5-7,10H,2-4H2,1H3,(H,11,12)(H,13,14);;/q;2*+1/p-2. The number of rotatable bonds is 3. The molecule has 0 spiro atoms. The van der Waals surface area contributed by atoms with Crippen LogP contribution in [-0.4, -0.2) is 25.0 Å². The first-order valence-electron chi connectivity index (χ1n) is 4.63. The van der Waals surface area contributed by atoms with E-state index in [2.05, 4.69) is 5.32 Å². The quantitative estimate of drug-likeness (QED) is 0.498. The topological polar surface area (TPSA) is 92.3 Å². The van der Waals surface area contributed by atoms with Gasteiger partial charge in [0.25, 0.3) is 0 Å². The van der Waals surface area contributed by atoms with Gasteiger partial charge in [-0.3, -0.25) is 0 Å². The number of hydrogen-bond donors (Lipinski definition) is 1. The summed E-state index contributed by atoms with van der Waals surface area (Å²) in [5.74, 6) is -3.69. The second-order valence-electron chi connectivity index (χ2n) is 3.72. The molecule has 0 heterocycles. The predicted octanol–water partition coefficient (Wildman–Crippen LogP) is -8.50. The van der Waals surface area contributed by atoms with Gasteiger partial charge < -0.3 is 25.1 Å². The molecule has 1 rings (SSSR count). The van der Waals surface area contributed by atoms with E-state index in [-0.39, 0.29) is 71.6 Å². The van der Waals surface area contributed by atoms with Crippen LogP contribution in [0.4, 0.5) is 0 Å². The molecule has 1 fully saturated rings. The van der Waals surface area contributed by atoms with Crippen molar-refractivity contribution < 1.29 is 78.9 Å². The van der Waals surface area contributed by atoms with Crippen molar-refractivity contribution in [2.75, 3.05) is 7.05 Å². The van der Waals surface area contributed by atoms with Crippen LogP contribution in [0.25, 0.3) is 0 Å². The zero-order valence-electron chi connectivity index (χ0n) is 9.99. The van der Waals surface area contributed by atoms with Crippen LogP contribution in [0.1, 0.15) is 19.3 Å². The third-order valence-corrected chi connectivity index (χ3v) is 2.78. The fourth-order valence-electron chi connectivity index (χ4n) is 1.94. The van der Waals surface area contributed by atoms with Crippen LogP contribution in [0.15, 0.2) is 0 Å². The van der Waals surface area contributed by atoms with Crippen LogP contribution >= 0.6 is 0 Å². The second-order valence-corrected chi connectivity index (χ2v) is 3.72. The normalized spacial score (nSPS) is 28.4. The van der Waals surface area contributed by atoms with Crippen LogP contribution in [0, 0.1) is 11.8 Å². The molecule has 16 heavy (non-hydrogen) atoms. The molecule has 0 aliphatic heterocycles.